The van der Waals surface area contributed by atoms with Gasteiger partial charge in [-0.05, 0) is 12.8 Å². The lowest BCUT2D eigenvalue weighted by atomic mass is 9.96. The summed E-state index contributed by atoms with van der Waals surface area (Å²) in [4.78, 5) is 4.12. The molecule has 1 aromatic heterocycles. The molecule has 3 heteroatoms. The van der Waals surface area contributed by atoms with E-state index in [1.165, 1.54) is 0 Å². The number of oxazole rings is 1. The van der Waals surface area contributed by atoms with Crippen molar-refractivity contribution in [2.75, 3.05) is 0 Å². The van der Waals surface area contributed by atoms with E-state index in [2.05, 4.69) is 25.8 Å². The van der Waals surface area contributed by atoms with E-state index in [0.717, 1.165) is 5.76 Å². The summed E-state index contributed by atoms with van der Waals surface area (Å²) in [5.74, 6) is 2.50. The Kier molecular flexibility index (Phi) is 3.37. The monoisotopic (exact) mass is 201 g/mol. The van der Waals surface area contributed by atoms with Gasteiger partial charge in [-0.25, -0.2) is 4.98 Å². The van der Waals surface area contributed by atoms with Crippen LogP contribution in [0.15, 0.2) is 10.6 Å². The third-order valence-corrected chi connectivity index (χ3v) is 2.52. The number of nitrogens with zero attached hydrogens (tertiary/aromatic N) is 1. The number of hydrogen-bond acceptors (Lipinski definition) is 2. The van der Waals surface area contributed by atoms with Crippen LogP contribution in [0.5, 0.6) is 0 Å². The number of alkyl halides is 1. The molecule has 2 atom stereocenters. The van der Waals surface area contributed by atoms with Crippen molar-refractivity contribution in [2.45, 2.75) is 39.0 Å². The van der Waals surface area contributed by atoms with Crippen LogP contribution in [-0.2, 0) is 0 Å². The van der Waals surface area contributed by atoms with Gasteiger partial charge in [0.05, 0.1) is 6.20 Å². The molecule has 0 saturated heterocycles. The second-order valence-electron chi connectivity index (χ2n) is 3.75. The first-order valence-electron chi connectivity index (χ1n) is 4.62. The lowest BCUT2D eigenvalue weighted by Crippen LogP contribution is -2.00. The maximum Gasteiger partial charge on any atom is 0.212 e. The molecule has 0 aliphatic rings. The van der Waals surface area contributed by atoms with Gasteiger partial charge in [-0.15, -0.1) is 11.6 Å². The highest BCUT2D eigenvalue weighted by atomic mass is 35.5. The van der Waals surface area contributed by atoms with Crippen molar-refractivity contribution < 1.29 is 4.42 Å². The van der Waals surface area contributed by atoms with Crippen LogP contribution in [0.2, 0.25) is 0 Å². The summed E-state index contributed by atoms with van der Waals surface area (Å²) in [6.45, 7) is 8.32. The first-order valence-corrected chi connectivity index (χ1v) is 5.05. The predicted octanol–water partition coefficient (Wildman–Crippen LogP) is 3.73. The average molecular weight is 202 g/mol. The van der Waals surface area contributed by atoms with Gasteiger partial charge in [0.25, 0.3) is 0 Å². The molecule has 0 aliphatic heterocycles. The molecule has 0 fully saturated rings. The van der Waals surface area contributed by atoms with Crippen LogP contribution in [0.25, 0.3) is 0 Å². The van der Waals surface area contributed by atoms with Crippen molar-refractivity contribution in [1.29, 1.82) is 0 Å². The molecule has 0 radical (unpaired) electrons. The zero-order valence-electron chi connectivity index (χ0n) is 8.54. The molecule has 0 N–H and O–H groups in total. The van der Waals surface area contributed by atoms with Crippen molar-refractivity contribution in [2.24, 2.45) is 5.92 Å². The topological polar surface area (TPSA) is 26.0 Å². The Bertz CT molecular complexity index is 268. The quantitative estimate of drug-likeness (QED) is 0.697. The van der Waals surface area contributed by atoms with Crippen LogP contribution in [0.3, 0.4) is 0 Å². The van der Waals surface area contributed by atoms with Crippen LogP contribution >= 0.6 is 11.6 Å². The summed E-state index contributed by atoms with van der Waals surface area (Å²) < 4.78 is 5.53. The van der Waals surface area contributed by atoms with Gasteiger partial charge in [-0.2, -0.15) is 0 Å². The van der Waals surface area contributed by atoms with Crippen molar-refractivity contribution >= 4 is 11.6 Å². The molecule has 2 unspecified atom stereocenters. The minimum atomic E-state index is -0.145. The van der Waals surface area contributed by atoms with Crippen molar-refractivity contribution in [1.82, 2.24) is 4.98 Å². The van der Waals surface area contributed by atoms with Gasteiger partial charge < -0.3 is 4.42 Å². The fourth-order valence-corrected chi connectivity index (χ4v) is 1.12. The Morgan fingerprint density at radius 1 is 1.31 bits per heavy atom. The molecule has 1 heterocycles. The zero-order valence-corrected chi connectivity index (χ0v) is 9.30. The van der Waals surface area contributed by atoms with Gasteiger partial charge >= 0.3 is 0 Å². The molecule has 0 spiro atoms. The number of rotatable bonds is 3. The molecule has 13 heavy (non-hydrogen) atoms. The Balaban J connectivity index is 2.79. The summed E-state index contributed by atoms with van der Waals surface area (Å²) in [6, 6.07) is 0. The molecular formula is C10H16ClNO. The molecule has 0 bridgehead atoms. The number of halogens is 1. The minimum Gasteiger partial charge on any atom is -0.444 e. The Morgan fingerprint density at radius 2 is 1.92 bits per heavy atom. The van der Waals surface area contributed by atoms with Crippen LogP contribution in [-0.4, -0.2) is 4.98 Å². The average Bonchev–Trinajstić information content (AvgIpc) is 2.50. The highest BCUT2D eigenvalue weighted by Gasteiger charge is 2.16. The lowest BCUT2D eigenvalue weighted by molar-refractivity contribution is 0.390. The van der Waals surface area contributed by atoms with E-state index < -0.39 is 0 Å². The smallest absolute Gasteiger partial charge is 0.212 e. The fourth-order valence-electron chi connectivity index (χ4n) is 1.02. The molecule has 1 rings (SSSR count). The van der Waals surface area contributed by atoms with Gasteiger partial charge in [0, 0.05) is 5.92 Å². The summed E-state index contributed by atoms with van der Waals surface area (Å²) in [5.41, 5.74) is 0. The summed E-state index contributed by atoms with van der Waals surface area (Å²) in [7, 11) is 0. The van der Waals surface area contributed by atoms with Gasteiger partial charge in [-0.1, -0.05) is 20.8 Å². The van der Waals surface area contributed by atoms with Crippen LogP contribution in [0.4, 0.5) is 0 Å². The Hall–Kier alpha value is -0.500. The minimum absolute atomic E-state index is 0.145. The zero-order chi connectivity index (χ0) is 10.0. The second-order valence-corrected chi connectivity index (χ2v) is 4.40. The summed E-state index contributed by atoms with van der Waals surface area (Å²) >= 11 is 5.84. The van der Waals surface area contributed by atoms with Crippen molar-refractivity contribution in [3.05, 3.63) is 17.8 Å². The van der Waals surface area contributed by atoms with Gasteiger partial charge in [0.2, 0.25) is 5.89 Å². The largest absolute Gasteiger partial charge is 0.444 e. The molecule has 0 amide bonds. The summed E-state index contributed by atoms with van der Waals surface area (Å²) in [5, 5.41) is -0.145. The fraction of sp³-hybridized carbons (Fsp3) is 0.700. The van der Waals surface area contributed by atoms with Gasteiger partial charge in [0.15, 0.2) is 0 Å². The van der Waals surface area contributed by atoms with E-state index in [4.69, 9.17) is 16.0 Å². The van der Waals surface area contributed by atoms with E-state index in [1.807, 2.05) is 6.92 Å². The Morgan fingerprint density at radius 3 is 2.31 bits per heavy atom. The molecule has 0 saturated carbocycles. The second kappa shape index (κ2) is 4.14. The standard InChI is InChI=1S/C10H16ClNO/c1-6(2)7(3)9-5-12-10(13-9)8(4)11/h5-8H,1-4H3. The Labute approximate surface area is 84.3 Å². The van der Waals surface area contributed by atoms with E-state index in [-0.39, 0.29) is 5.38 Å². The molecule has 2 nitrogen and oxygen atoms in total. The number of aromatic nitrogens is 1. The van der Waals surface area contributed by atoms with E-state index in [9.17, 15) is 0 Å². The first-order chi connectivity index (χ1) is 6.02. The van der Waals surface area contributed by atoms with E-state index >= 15 is 0 Å². The van der Waals surface area contributed by atoms with Gasteiger partial charge in [0.1, 0.15) is 11.1 Å². The third-order valence-electron chi connectivity index (χ3n) is 2.33. The molecule has 74 valence electrons. The third kappa shape index (κ3) is 2.47. The molecule has 1 aromatic rings. The van der Waals surface area contributed by atoms with E-state index in [0.29, 0.717) is 17.7 Å². The molecule has 0 aromatic carbocycles. The number of hydrogen-bond donors (Lipinski definition) is 0. The van der Waals surface area contributed by atoms with Crippen LogP contribution < -0.4 is 0 Å². The van der Waals surface area contributed by atoms with E-state index in [1.54, 1.807) is 6.20 Å². The normalized spacial score (nSPS) is 16.2. The van der Waals surface area contributed by atoms with Gasteiger partial charge in [-0.3, -0.25) is 0 Å². The highest BCUT2D eigenvalue weighted by Crippen LogP contribution is 2.27. The van der Waals surface area contributed by atoms with Crippen LogP contribution in [0.1, 0.15) is 50.6 Å². The first kappa shape index (κ1) is 10.6. The van der Waals surface area contributed by atoms with Crippen LogP contribution in [0, 0.1) is 5.92 Å². The molecular weight excluding hydrogens is 186 g/mol. The summed E-state index contributed by atoms with van der Waals surface area (Å²) in [6.07, 6.45) is 1.78. The predicted molar refractivity (Wildman–Crippen MR) is 54.0 cm³/mol. The maximum absolute atomic E-state index is 5.84. The van der Waals surface area contributed by atoms with Crippen molar-refractivity contribution in [3.63, 3.8) is 0 Å². The molecule has 0 aliphatic carbocycles. The lowest BCUT2D eigenvalue weighted by Gasteiger charge is -2.11. The van der Waals surface area contributed by atoms with Crippen molar-refractivity contribution in [3.8, 4) is 0 Å². The SMILES string of the molecule is CC(Cl)c1ncc(C(C)C(C)C)o1. The maximum atomic E-state index is 5.84. The highest BCUT2D eigenvalue weighted by molar-refractivity contribution is 6.20.